The van der Waals surface area contributed by atoms with Gasteiger partial charge in [0, 0.05) is 12.1 Å². The van der Waals surface area contributed by atoms with Gasteiger partial charge in [-0.2, -0.15) is 0 Å². The van der Waals surface area contributed by atoms with Crippen molar-refractivity contribution in [3.8, 4) is 5.75 Å². The van der Waals surface area contributed by atoms with E-state index in [1.165, 1.54) is 19.2 Å². The molecule has 0 unspecified atom stereocenters. The van der Waals surface area contributed by atoms with Crippen LogP contribution in [0, 0.1) is 5.41 Å². The van der Waals surface area contributed by atoms with Crippen molar-refractivity contribution in [1.29, 1.82) is 0 Å². The zero-order chi connectivity index (χ0) is 19.4. The summed E-state index contributed by atoms with van der Waals surface area (Å²) in [5.41, 5.74) is -0.473. The second kappa shape index (κ2) is 7.94. The molecule has 0 radical (unpaired) electrons. The van der Waals surface area contributed by atoms with E-state index in [9.17, 15) is 23.1 Å². The molecule has 1 aromatic carbocycles. The van der Waals surface area contributed by atoms with Gasteiger partial charge in [0.05, 0.1) is 24.5 Å². The molecule has 1 saturated carbocycles. The molecule has 0 aromatic heterocycles. The first kappa shape index (κ1) is 20.0. The monoisotopic (exact) mass is 384 g/mol. The molecule has 1 aliphatic rings. The number of carboxylic acids is 1. The number of nitrogens with one attached hydrogen (secondary N) is 2. The highest BCUT2D eigenvalue weighted by Gasteiger charge is 2.41. The minimum Gasteiger partial charge on any atom is -0.495 e. The molecule has 144 valence electrons. The summed E-state index contributed by atoms with van der Waals surface area (Å²) in [6, 6.07) is 4.53. The summed E-state index contributed by atoms with van der Waals surface area (Å²) in [6.07, 6.45) is 4.45. The fourth-order valence-corrected chi connectivity index (χ4v) is 3.83. The van der Waals surface area contributed by atoms with Crippen LogP contribution in [0.2, 0.25) is 0 Å². The van der Waals surface area contributed by atoms with Crippen LogP contribution in [0.5, 0.6) is 5.75 Å². The first-order valence-corrected chi connectivity index (χ1v) is 10.2. The van der Waals surface area contributed by atoms with Crippen LogP contribution in [0.25, 0.3) is 0 Å². The molecule has 26 heavy (non-hydrogen) atoms. The lowest BCUT2D eigenvalue weighted by Crippen LogP contribution is -2.37. The Morgan fingerprint density at radius 3 is 2.42 bits per heavy atom. The van der Waals surface area contributed by atoms with Crippen LogP contribution < -0.4 is 14.8 Å². The van der Waals surface area contributed by atoms with E-state index >= 15 is 0 Å². The summed E-state index contributed by atoms with van der Waals surface area (Å²) >= 11 is 0. The van der Waals surface area contributed by atoms with Gasteiger partial charge < -0.3 is 15.2 Å². The van der Waals surface area contributed by atoms with Crippen LogP contribution in [0.1, 0.15) is 38.5 Å². The van der Waals surface area contributed by atoms with E-state index in [0.717, 1.165) is 25.5 Å². The number of hydrogen-bond acceptors (Lipinski definition) is 5. The molecule has 1 amide bonds. The van der Waals surface area contributed by atoms with Gasteiger partial charge in [-0.25, -0.2) is 8.42 Å². The number of sulfonamides is 1. The molecule has 0 aliphatic heterocycles. The predicted octanol–water partition coefficient (Wildman–Crippen LogP) is 2.43. The number of hydrogen-bond donors (Lipinski definition) is 3. The van der Waals surface area contributed by atoms with E-state index in [1.54, 1.807) is 6.07 Å². The number of ether oxygens (including phenoxy) is 1. The number of carbonyl (C=O) groups excluding carboxylic acids is 1. The zero-order valence-electron chi connectivity index (χ0n) is 14.9. The van der Waals surface area contributed by atoms with Crippen molar-refractivity contribution in [3.63, 3.8) is 0 Å². The highest BCUT2D eigenvalue weighted by molar-refractivity contribution is 7.92. The van der Waals surface area contributed by atoms with Crippen molar-refractivity contribution in [3.05, 3.63) is 18.2 Å². The first-order valence-electron chi connectivity index (χ1n) is 8.34. The van der Waals surface area contributed by atoms with Gasteiger partial charge in [-0.05, 0) is 31.0 Å². The number of aliphatic carboxylic acids is 1. The standard InChI is InChI=1S/C17H24N2O6S/c1-25-14-7-6-12(10-13(14)19-26(2,23)24)18-15(20)11-17(16(21)22)8-4-3-5-9-17/h6-7,10,19H,3-5,8-9,11H2,1-2H3,(H,18,20)(H,21,22). The summed E-state index contributed by atoms with van der Waals surface area (Å²) in [6.45, 7) is 0. The number of methoxy groups -OCH3 is 1. The molecule has 0 atom stereocenters. The minimum atomic E-state index is -3.52. The molecule has 9 heteroatoms. The Labute approximate surface area is 153 Å². The number of benzene rings is 1. The third-order valence-corrected chi connectivity index (χ3v) is 5.13. The summed E-state index contributed by atoms with van der Waals surface area (Å²) in [5, 5.41) is 12.2. The third kappa shape index (κ3) is 5.10. The van der Waals surface area contributed by atoms with E-state index in [2.05, 4.69) is 10.0 Å². The van der Waals surface area contributed by atoms with Gasteiger partial charge in [0.15, 0.2) is 0 Å². The molecule has 1 aliphatic carbocycles. The Hall–Kier alpha value is -2.29. The maximum absolute atomic E-state index is 12.4. The lowest BCUT2D eigenvalue weighted by Gasteiger charge is -2.32. The zero-order valence-corrected chi connectivity index (χ0v) is 15.7. The van der Waals surface area contributed by atoms with Crippen molar-refractivity contribution in [1.82, 2.24) is 0 Å². The van der Waals surface area contributed by atoms with Crippen LogP contribution in [-0.4, -0.2) is 38.8 Å². The summed E-state index contributed by atoms with van der Waals surface area (Å²) in [5.74, 6) is -1.05. The van der Waals surface area contributed by atoms with Crippen molar-refractivity contribution >= 4 is 33.3 Å². The Morgan fingerprint density at radius 2 is 1.88 bits per heavy atom. The molecule has 1 aromatic rings. The predicted molar refractivity (Wildman–Crippen MR) is 97.9 cm³/mol. The quantitative estimate of drug-likeness (QED) is 0.664. The normalized spacial score (nSPS) is 16.5. The van der Waals surface area contributed by atoms with Crippen LogP contribution >= 0.6 is 0 Å². The minimum absolute atomic E-state index is 0.108. The van der Waals surface area contributed by atoms with Gasteiger partial charge in [0.2, 0.25) is 15.9 Å². The lowest BCUT2D eigenvalue weighted by atomic mass is 9.71. The smallest absolute Gasteiger partial charge is 0.310 e. The molecule has 0 spiro atoms. The van der Waals surface area contributed by atoms with E-state index in [0.29, 0.717) is 24.3 Å². The van der Waals surface area contributed by atoms with Gasteiger partial charge >= 0.3 is 5.97 Å². The van der Waals surface area contributed by atoms with Gasteiger partial charge in [-0.15, -0.1) is 0 Å². The van der Waals surface area contributed by atoms with E-state index in [4.69, 9.17) is 4.74 Å². The molecule has 0 bridgehead atoms. The average Bonchev–Trinajstić information content (AvgIpc) is 2.54. The van der Waals surface area contributed by atoms with Gasteiger partial charge in [0.1, 0.15) is 5.75 Å². The van der Waals surface area contributed by atoms with Crippen LogP contribution in [0.3, 0.4) is 0 Å². The van der Waals surface area contributed by atoms with Gasteiger partial charge in [-0.1, -0.05) is 19.3 Å². The number of carbonyl (C=O) groups is 2. The number of carboxylic acid groups (broad SMARTS) is 1. The average molecular weight is 384 g/mol. The maximum Gasteiger partial charge on any atom is 0.310 e. The van der Waals surface area contributed by atoms with Crippen LogP contribution in [0.4, 0.5) is 11.4 Å². The Bertz CT molecular complexity index is 784. The van der Waals surface area contributed by atoms with Gasteiger partial charge in [0.25, 0.3) is 0 Å². The molecule has 0 saturated heterocycles. The van der Waals surface area contributed by atoms with E-state index in [1.807, 2.05) is 0 Å². The molecular formula is C17H24N2O6S. The Balaban J connectivity index is 2.15. The van der Waals surface area contributed by atoms with Crippen LogP contribution in [-0.2, 0) is 19.6 Å². The summed E-state index contributed by atoms with van der Waals surface area (Å²) < 4.78 is 30.4. The van der Waals surface area contributed by atoms with Crippen molar-refractivity contribution in [2.24, 2.45) is 5.41 Å². The number of anilines is 2. The third-order valence-electron chi connectivity index (χ3n) is 4.54. The van der Waals surface area contributed by atoms with Crippen LogP contribution in [0.15, 0.2) is 18.2 Å². The molecule has 0 heterocycles. The van der Waals surface area contributed by atoms with Crippen molar-refractivity contribution in [2.75, 3.05) is 23.4 Å². The molecule has 2 rings (SSSR count). The fourth-order valence-electron chi connectivity index (χ4n) is 3.27. The SMILES string of the molecule is COc1ccc(NC(=O)CC2(C(=O)O)CCCCC2)cc1NS(C)(=O)=O. The van der Waals surface area contributed by atoms with Crippen molar-refractivity contribution < 1.29 is 27.9 Å². The lowest BCUT2D eigenvalue weighted by molar-refractivity contribution is -0.153. The first-order chi connectivity index (χ1) is 12.1. The maximum atomic E-state index is 12.4. The molecule has 3 N–H and O–H groups in total. The topological polar surface area (TPSA) is 122 Å². The Morgan fingerprint density at radius 1 is 1.23 bits per heavy atom. The molecule has 8 nitrogen and oxygen atoms in total. The molecular weight excluding hydrogens is 360 g/mol. The number of amides is 1. The highest BCUT2D eigenvalue weighted by atomic mass is 32.2. The Kier molecular flexibility index (Phi) is 6.12. The van der Waals surface area contributed by atoms with Gasteiger partial charge in [-0.3, -0.25) is 14.3 Å². The second-order valence-electron chi connectivity index (χ2n) is 6.66. The fraction of sp³-hybridized carbons (Fsp3) is 0.529. The largest absolute Gasteiger partial charge is 0.495 e. The summed E-state index contributed by atoms with van der Waals surface area (Å²) in [4.78, 5) is 24.1. The number of rotatable bonds is 7. The highest BCUT2D eigenvalue weighted by Crippen LogP contribution is 2.40. The van der Waals surface area contributed by atoms with Crippen molar-refractivity contribution in [2.45, 2.75) is 38.5 Å². The van der Waals surface area contributed by atoms with E-state index < -0.39 is 27.3 Å². The second-order valence-corrected chi connectivity index (χ2v) is 8.41. The van der Waals surface area contributed by atoms with E-state index in [-0.39, 0.29) is 12.1 Å². The molecule has 1 fully saturated rings. The summed E-state index contributed by atoms with van der Waals surface area (Å²) in [7, 11) is -2.12.